The van der Waals surface area contributed by atoms with Crippen LogP contribution in [0.25, 0.3) is 0 Å². The van der Waals surface area contributed by atoms with Gasteiger partial charge in [0.25, 0.3) is 0 Å². The molecule has 1 rings (SSSR count). The highest BCUT2D eigenvalue weighted by Gasteiger charge is 2.27. The van der Waals surface area contributed by atoms with Crippen LogP contribution in [0.15, 0.2) is 17.0 Å². The number of carbonyl (C=O) groups is 1. The van der Waals surface area contributed by atoms with Gasteiger partial charge in [-0.2, -0.15) is 16.8 Å². The first-order valence-electron chi connectivity index (χ1n) is 6.07. The Balaban J connectivity index is 3.56. The number of benzene rings is 1. The van der Waals surface area contributed by atoms with E-state index in [1.807, 2.05) is 0 Å². The number of esters is 1. The van der Waals surface area contributed by atoms with Crippen LogP contribution in [-0.4, -0.2) is 28.4 Å². The van der Waals surface area contributed by atoms with E-state index in [1.54, 1.807) is 0 Å². The molecule has 0 heterocycles. The fourth-order valence-corrected chi connectivity index (χ4v) is 2.68. The van der Waals surface area contributed by atoms with Crippen molar-refractivity contribution in [3.8, 4) is 5.75 Å². The van der Waals surface area contributed by atoms with Gasteiger partial charge in [0.2, 0.25) is 0 Å². The van der Waals surface area contributed by atoms with Gasteiger partial charge in [0, 0.05) is 6.07 Å². The first-order chi connectivity index (χ1) is 10.1. The maximum absolute atomic E-state index is 13.3. The number of ether oxygens (including phenoxy) is 1. The Kier molecular flexibility index (Phi) is 5.07. The van der Waals surface area contributed by atoms with Gasteiger partial charge in [0.15, 0.2) is 0 Å². The van der Waals surface area contributed by atoms with Gasteiger partial charge in [-0.3, -0.25) is 0 Å². The molecule has 0 bridgehead atoms. The molecule has 0 atom stereocenters. The van der Waals surface area contributed by atoms with E-state index < -0.39 is 48.5 Å². The molecule has 0 aliphatic heterocycles. The van der Waals surface area contributed by atoms with E-state index in [9.17, 15) is 29.4 Å². The van der Waals surface area contributed by atoms with Gasteiger partial charge in [0.05, 0.1) is 5.56 Å². The molecule has 0 fully saturated rings. The molecule has 11 heteroatoms. The standard InChI is InChI=1S/C12H14F2O7S2/c1-7-9(11(15)20-12(2,3)4)5-8(21-23(14,18)19)6-10(7)22(13,16)17/h5-6H,1-4H3. The minimum Gasteiger partial charge on any atom is -0.456 e. The molecule has 130 valence electrons. The third-order valence-corrected chi connectivity index (χ3v) is 3.75. The molecular formula is C12H14F2O7S2. The van der Waals surface area contributed by atoms with Crippen LogP contribution in [0.1, 0.15) is 36.7 Å². The average Bonchev–Trinajstić information content (AvgIpc) is 2.25. The van der Waals surface area contributed by atoms with Crippen LogP contribution in [-0.2, 0) is 25.5 Å². The molecule has 23 heavy (non-hydrogen) atoms. The Bertz CT molecular complexity index is 837. The third kappa shape index (κ3) is 5.75. The van der Waals surface area contributed by atoms with Crippen molar-refractivity contribution < 1.29 is 38.3 Å². The van der Waals surface area contributed by atoms with E-state index in [2.05, 4.69) is 4.18 Å². The summed E-state index contributed by atoms with van der Waals surface area (Å²) in [6.45, 7) is 5.69. The van der Waals surface area contributed by atoms with Crippen molar-refractivity contribution in [1.29, 1.82) is 0 Å². The average molecular weight is 372 g/mol. The van der Waals surface area contributed by atoms with Gasteiger partial charge in [-0.15, -0.1) is 3.89 Å². The Morgan fingerprint density at radius 1 is 1.09 bits per heavy atom. The van der Waals surface area contributed by atoms with Gasteiger partial charge in [0.1, 0.15) is 16.2 Å². The number of rotatable bonds is 4. The summed E-state index contributed by atoms with van der Waals surface area (Å²) in [6, 6.07) is 1.20. The summed E-state index contributed by atoms with van der Waals surface area (Å²) in [5, 5.41) is 0. The van der Waals surface area contributed by atoms with Gasteiger partial charge >= 0.3 is 26.7 Å². The molecule has 1 aromatic carbocycles. The van der Waals surface area contributed by atoms with E-state index in [4.69, 9.17) is 4.74 Å². The normalized spacial score (nSPS) is 12.8. The highest BCUT2D eigenvalue weighted by atomic mass is 32.3. The topological polar surface area (TPSA) is 104 Å². The van der Waals surface area contributed by atoms with Crippen molar-refractivity contribution in [2.24, 2.45) is 0 Å². The molecule has 0 unspecified atom stereocenters. The largest absolute Gasteiger partial charge is 0.488 e. The van der Waals surface area contributed by atoms with Crippen molar-refractivity contribution in [1.82, 2.24) is 0 Å². The molecule has 0 aliphatic carbocycles. The van der Waals surface area contributed by atoms with Crippen LogP contribution < -0.4 is 4.18 Å². The number of halogens is 2. The molecule has 7 nitrogen and oxygen atoms in total. The zero-order chi connectivity index (χ0) is 18.2. The predicted molar refractivity (Wildman–Crippen MR) is 75.3 cm³/mol. The van der Waals surface area contributed by atoms with Crippen molar-refractivity contribution in [3.63, 3.8) is 0 Å². The fourth-order valence-electron chi connectivity index (χ4n) is 1.62. The van der Waals surface area contributed by atoms with Crippen molar-refractivity contribution >= 4 is 26.7 Å². The van der Waals surface area contributed by atoms with E-state index >= 15 is 0 Å². The lowest BCUT2D eigenvalue weighted by Gasteiger charge is -2.20. The quantitative estimate of drug-likeness (QED) is 0.589. The Hall–Kier alpha value is -1.75. The summed E-state index contributed by atoms with van der Waals surface area (Å²) in [5.74, 6) is -1.93. The van der Waals surface area contributed by atoms with Crippen LogP contribution in [0.4, 0.5) is 7.77 Å². The lowest BCUT2D eigenvalue weighted by Crippen LogP contribution is -2.24. The highest BCUT2D eigenvalue weighted by Crippen LogP contribution is 2.29. The monoisotopic (exact) mass is 372 g/mol. The van der Waals surface area contributed by atoms with Crippen molar-refractivity contribution in [2.75, 3.05) is 0 Å². The van der Waals surface area contributed by atoms with Crippen LogP contribution >= 0.6 is 0 Å². The maximum Gasteiger partial charge on any atom is 0.488 e. The predicted octanol–water partition coefficient (Wildman–Crippen LogP) is 2.20. The van der Waals surface area contributed by atoms with E-state index in [1.165, 1.54) is 20.8 Å². The molecule has 0 aromatic heterocycles. The molecule has 0 radical (unpaired) electrons. The van der Waals surface area contributed by atoms with Crippen LogP contribution in [0.2, 0.25) is 0 Å². The van der Waals surface area contributed by atoms with Gasteiger partial charge in [-0.25, -0.2) is 4.79 Å². The highest BCUT2D eigenvalue weighted by molar-refractivity contribution is 7.86. The second kappa shape index (κ2) is 6.04. The second-order valence-electron chi connectivity index (χ2n) is 5.51. The molecule has 0 spiro atoms. The molecule has 0 saturated heterocycles. The first-order valence-corrected chi connectivity index (χ1v) is 8.76. The summed E-state index contributed by atoms with van der Waals surface area (Å²) >= 11 is 0. The molecule has 0 saturated carbocycles. The minimum atomic E-state index is -5.50. The molecular weight excluding hydrogens is 358 g/mol. The van der Waals surface area contributed by atoms with Gasteiger partial charge in [-0.05, 0) is 39.3 Å². The van der Waals surface area contributed by atoms with Gasteiger partial charge < -0.3 is 8.92 Å². The zero-order valence-corrected chi connectivity index (χ0v) is 14.2. The fraction of sp³-hybridized carbons (Fsp3) is 0.417. The van der Waals surface area contributed by atoms with Crippen molar-refractivity contribution in [2.45, 2.75) is 38.2 Å². The first kappa shape index (κ1) is 19.3. The second-order valence-corrected chi connectivity index (χ2v) is 7.78. The zero-order valence-electron chi connectivity index (χ0n) is 12.6. The summed E-state index contributed by atoms with van der Waals surface area (Å²) in [7, 11) is -10.8. The number of hydrogen-bond donors (Lipinski definition) is 0. The Labute approximate surface area is 132 Å². The lowest BCUT2D eigenvalue weighted by molar-refractivity contribution is 0.00680. The molecule has 0 N–H and O–H groups in total. The summed E-state index contributed by atoms with van der Waals surface area (Å²) < 4.78 is 78.0. The number of carbonyl (C=O) groups excluding carboxylic acids is 1. The molecule has 0 amide bonds. The number of hydrogen-bond acceptors (Lipinski definition) is 7. The van der Waals surface area contributed by atoms with E-state index in [-0.39, 0.29) is 5.56 Å². The smallest absolute Gasteiger partial charge is 0.456 e. The maximum atomic E-state index is 13.3. The Morgan fingerprint density at radius 2 is 1.61 bits per heavy atom. The molecule has 0 aliphatic rings. The third-order valence-electron chi connectivity index (χ3n) is 2.41. The summed E-state index contributed by atoms with van der Waals surface area (Å²) in [5.41, 5.74) is -1.76. The summed E-state index contributed by atoms with van der Waals surface area (Å²) in [4.78, 5) is 11.0. The Morgan fingerprint density at radius 3 is 2.00 bits per heavy atom. The van der Waals surface area contributed by atoms with Crippen LogP contribution in [0.5, 0.6) is 5.75 Å². The van der Waals surface area contributed by atoms with Crippen molar-refractivity contribution in [3.05, 3.63) is 23.3 Å². The van der Waals surface area contributed by atoms with Crippen LogP contribution in [0.3, 0.4) is 0 Å². The lowest BCUT2D eigenvalue weighted by atomic mass is 10.1. The van der Waals surface area contributed by atoms with E-state index in [0.29, 0.717) is 6.07 Å². The van der Waals surface area contributed by atoms with E-state index in [0.717, 1.165) is 13.0 Å². The van der Waals surface area contributed by atoms with Crippen LogP contribution in [0, 0.1) is 6.92 Å². The molecule has 1 aromatic rings. The minimum absolute atomic E-state index is 0.328. The summed E-state index contributed by atoms with van der Waals surface area (Å²) in [6.07, 6.45) is 0. The van der Waals surface area contributed by atoms with Gasteiger partial charge in [-0.1, -0.05) is 3.89 Å². The SMILES string of the molecule is Cc1c(C(=O)OC(C)(C)C)cc(OS(=O)(=O)F)cc1S(=O)(=O)F.